The Morgan fingerprint density at radius 1 is 0.850 bits per heavy atom. The maximum atomic E-state index is 13.3. The van der Waals surface area contributed by atoms with Crippen molar-refractivity contribution in [3.05, 3.63) is 47.2 Å². The van der Waals surface area contributed by atoms with Crippen LogP contribution in [0.15, 0.2) is 12.4 Å². The molecule has 0 saturated carbocycles. The average molecular weight is 291 g/mol. The van der Waals surface area contributed by atoms with E-state index in [-0.39, 0.29) is 11.5 Å². The SMILES string of the molecule is Nc1cnc(COc2c(F)c(F)c(F)c(F)c2F)cn1. The Balaban J connectivity index is 2.28. The van der Waals surface area contributed by atoms with Crippen LogP contribution in [-0.2, 0) is 6.61 Å². The number of nitrogens with two attached hydrogens (primary N) is 1. The fourth-order valence-corrected chi connectivity index (χ4v) is 1.30. The van der Waals surface area contributed by atoms with Crippen molar-refractivity contribution in [2.45, 2.75) is 6.61 Å². The van der Waals surface area contributed by atoms with Crippen LogP contribution >= 0.6 is 0 Å². The summed E-state index contributed by atoms with van der Waals surface area (Å²) in [5, 5.41) is 0. The molecule has 0 fully saturated rings. The van der Waals surface area contributed by atoms with Gasteiger partial charge in [-0.05, 0) is 0 Å². The molecule has 0 bridgehead atoms. The van der Waals surface area contributed by atoms with Crippen LogP contribution in [-0.4, -0.2) is 9.97 Å². The lowest BCUT2D eigenvalue weighted by molar-refractivity contribution is 0.250. The molecule has 0 spiro atoms. The Kier molecular flexibility index (Phi) is 3.68. The van der Waals surface area contributed by atoms with Crippen LogP contribution in [0, 0.1) is 29.1 Å². The van der Waals surface area contributed by atoms with E-state index in [2.05, 4.69) is 14.7 Å². The molecule has 0 atom stereocenters. The van der Waals surface area contributed by atoms with Crippen LogP contribution in [0.1, 0.15) is 5.69 Å². The van der Waals surface area contributed by atoms with Gasteiger partial charge in [0.1, 0.15) is 12.4 Å². The summed E-state index contributed by atoms with van der Waals surface area (Å²) in [6.07, 6.45) is 2.29. The molecule has 0 aliphatic rings. The van der Waals surface area contributed by atoms with Crippen molar-refractivity contribution in [2.24, 2.45) is 0 Å². The van der Waals surface area contributed by atoms with Gasteiger partial charge in [0, 0.05) is 0 Å². The van der Waals surface area contributed by atoms with Gasteiger partial charge < -0.3 is 10.5 Å². The molecule has 2 rings (SSSR count). The van der Waals surface area contributed by atoms with Gasteiger partial charge in [-0.1, -0.05) is 0 Å². The molecular formula is C11H6F5N3O. The van der Waals surface area contributed by atoms with Crippen molar-refractivity contribution in [2.75, 3.05) is 5.73 Å². The van der Waals surface area contributed by atoms with Crippen molar-refractivity contribution in [1.82, 2.24) is 9.97 Å². The van der Waals surface area contributed by atoms with E-state index in [0.29, 0.717) is 0 Å². The number of aromatic nitrogens is 2. The van der Waals surface area contributed by atoms with Gasteiger partial charge in [-0.15, -0.1) is 0 Å². The summed E-state index contributed by atoms with van der Waals surface area (Å²) < 4.78 is 69.7. The third kappa shape index (κ3) is 2.46. The summed E-state index contributed by atoms with van der Waals surface area (Å²) in [7, 11) is 0. The highest BCUT2D eigenvalue weighted by Gasteiger charge is 2.27. The molecule has 0 aliphatic heterocycles. The zero-order chi connectivity index (χ0) is 14.9. The first-order chi connectivity index (χ1) is 9.41. The molecule has 0 aliphatic carbocycles. The minimum atomic E-state index is -2.25. The zero-order valence-corrected chi connectivity index (χ0v) is 9.63. The normalized spacial score (nSPS) is 10.7. The Bertz CT molecular complexity index is 618. The summed E-state index contributed by atoms with van der Waals surface area (Å²) in [5.41, 5.74) is 5.36. The van der Waals surface area contributed by atoms with E-state index < -0.39 is 41.4 Å². The molecule has 2 aromatic rings. The highest BCUT2D eigenvalue weighted by molar-refractivity contribution is 5.30. The molecule has 0 amide bonds. The van der Waals surface area contributed by atoms with Gasteiger partial charge in [0.05, 0.1) is 18.1 Å². The zero-order valence-electron chi connectivity index (χ0n) is 9.63. The topological polar surface area (TPSA) is 61.0 Å². The third-order valence-electron chi connectivity index (χ3n) is 2.26. The monoisotopic (exact) mass is 291 g/mol. The highest BCUT2D eigenvalue weighted by atomic mass is 19.2. The first-order valence-corrected chi connectivity index (χ1v) is 5.12. The average Bonchev–Trinajstić information content (AvgIpc) is 2.45. The predicted octanol–water partition coefficient (Wildman–Crippen LogP) is 2.33. The Morgan fingerprint density at radius 2 is 1.40 bits per heavy atom. The van der Waals surface area contributed by atoms with Crippen LogP contribution in [0.5, 0.6) is 5.75 Å². The van der Waals surface area contributed by atoms with E-state index in [9.17, 15) is 22.0 Å². The molecule has 2 N–H and O–H groups in total. The summed E-state index contributed by atoms with van der Waals surface area (Å²) in [5.74, 6) is -11.8. The smallest absolute Gasteiger partial charge is 0.207 e. The number of ether oxygens (including phenoxy) is 1. The maximum Gasteiger partial charge on any atom is 0.207 e. The second-order valence-electron chi connectivity index (χ2n) is 3.62. The van der Waals surface area contributed by atoms with E-state index in [1.54, 1.807) is 0 Å². The van der Waals surface area contributed by atoms with E-state index in [1.807, 2.05) is 0 Å². The van der Waals surface area contributed by atoms with Crippen LogP contribution in [0.4, 0.5) is 27.8 Å². The van der Waals surface area contributed by atoms with Crippen LogP contribution in [0.25, 0.3) is 0 Å². The molecule has 0 unspecified atom stereocenters. The van der Waals surface area contributed by atoms with Crippen molar-refractivity contribution >= 4 is 5.82 Å². The standard InChI is InChI=1S/C11H6F5N3O/c12-6-7(13)9(15)11(10(16)8(6)14)20-3-4-1-19-5(17)2-18-4/h1-2H,3H2,(H2,17,19). The van der Waals surface area contributed by atoms with Gasteiger partial charge in [0.15, 0.2) is 5.75 Å². The minimum Gasteiger partial charge on any atom is -0.481 e. The largest absolute Gasteiger partial charge is 0.481 e. The van der Waals surface area contributed by atoms with Crippen LogP contribution < -0.4 is 10.5 Å². The first-order valence-electron chi connectivity index (χ1n) is 5.12. The summed E-state index contributed by atoms with van der Waals surface area (Å²) in [6, 6.07) is 0. The lowest BCUT2D eigenvalue weighted by atomic mass is 10.2. The number of hydrogen-bond acceptors (Lipinski definition) is 4. The molecule has 9 heteroatoms. The molecule has 4 nitrogen and oxygen atoms in total. The van der Waals surface area contributed by atoms with E-state index in [4.69, 9.17) is 5.73 Å². The quantitative estimate of drug-likeness (QED) is 0.535. The number of anilines is 1. The lowest BCUT2D eigenvalue weighted by Gasteiger charge is -2.09. The number of halogens is 5. The maximum absolute atomic E-state index is 13.3. The fraction of sp³-hybridized carbons (Fsp3) is 0.0909. The van der Waals surface area contributed by atoms with Crippen LogP contribution in [0.3, 0.4) is 0 Å². The van der Waals surface area contributed by atoms with E-state index in [1.165, 1.54) is 0 Å². The Hall–Kier alpha value is -2.45. The number of nitrogens with zero attached hydrogens (tertiary/aromatic N) is 2. The van der Waals surface area contributed by atoms with Gasteiger partial charge in [0.2, 0.25) is 29.1 Å². The van der Waals surface area contributed by atoms with Crippen molar-refractivity contribution < 1.29 is 26.7 Å². The van der Waals surface area contributed by atoms with Gasteiger partial charge in [-0.2, -0.15) is 8.78 Å². The minimum absolute atomic E-state index is 0.100. The number of rotatable bonds is 3. The first kappa shape index (κ1) is 14.0. The van der Waals surface area contributed by atoms with Gasteiger partial charge >= 0.3 is 0 Å². The molecule has 1 aromatic carbocycles. The van der Waals surface area contributed by atoms with Gasteiger partial charge in [-0.3, -0.25) is 4.98 Å². The van der Waals surface area contributed by atoms with Gasteiger partial charge in [0.25, 0.3) is 0 Å². The molecule has 0 radical (unpaired) electrons. The van der Waals surface area contributed by atoms with E-state index >= 15 is 0 Å². The Labute approximate surface area is 109 Å². The lowest BCUT2D eigenvalue weighted by Crippen LogP contribution is -2.08. The van der Waals surface area contributed by atoms with Crippen molar-refractivity contribution in [3.8, 4) is 5.75 Å². The fourth-order valence-electron chi connectivity index (χ4n) is 1.30. The second-order valence-corrected chi connectivity index (χ2v) is 3.62. The highest BCUT2D eigenvalue weighted by Crippen LogP contribution is 2.29. The van der Waals surface area contributed by atoms with E-state index in [0.717, 1.165) is 12.4 Å². The molecule has 0 saturated heterocycles. The number of benzene rings is 1. The van der Waals surface area contributed by atoms with Crippen molar-refractivity contribution in [1.29, 1.82) is 0 Å². The second kappa shape index (κ2) is 5.27. The van der Waals surface area contributed by atoms with Gasteiger partial charge in [-0.25, -0.2) is 18.2 Å². The predicted molar refractivity (Wildman–Crippen MR) is 57.0 cm³/mol. The summed E-state index contributed by atoms with van der Waals surface area (Å²) in [4.78, 5) is 7.32. The molecule has 20 heavy (non-hydrogen) atoms. The van der Waals surface area contributed by atoms with Crippen LogP contribution in [0.2, 0.25) is 0 Å². The third-order valence-corrected chi connectivity index (χ3v) is 2.26. The number of nitrogen functional groups attached to an aromatic ring is 1. The Morgan fingerprint density at radius 3 is 1.90 bits per heavy atom. The molecular weight excluding hydrogens is 285 g/mol. The molecule has 1 heterocycles. The number of hydrogen-bond donors (Lipinski definition) is 1. The summed E-state index contributed by atoms with van der Waals surface area (Å²) >= 11 is 0. The molecule has 1 aromatic heterocycles. The molecule has 106 valence electrons. The summed E-state index contributed by atoms with van der Waals surface area (Å²) in [6.45, 7) is -0.536. The van der Waals surface area contributed by atoms with Crippen molar-refractivity contribution in [3.63, 3.8) is 0 Å².